The third-order valence-electron chi connectivity index (χ3n) is 7.68. The first-order valence-electron chi connectivity index (χ1n) is 15.9. The van der Waals surface area contributed by atoms with Crippen LogP contribution in [0.4, 0.5) is 11.4 Å². The minimum atomic E-state index is -3.88. The van der Waals surface area contributed by atoms with Gasteiger partial charge in [0.25, 0.3) is 11.8 Å². The van der Waals surface area contributed by atoms with Crippen molar-refractivity contribution in [3.63, 3.8) is 0 Å². The number of nitrogens with two attached hydrogens (primary N) is 1. The Hall–Kier alpha value is -6.09. The van der Waals surface area contributed by atoms with Gasteiger partial charge in [0.05, 0.1) is 26.2 Å². The Kier molecular flexibility index (Phi) is 12.5. The number of benzene rings is 5. The predicted molar refractivity (Wildman–Crippen MR) is 205 cm³/mol. The number of anilines is 2. The van der Waals surface area contributed by atoms with Crippen LogP contribution in [-0.4, -0.2) is 47.5 Å². The van der Waals surface area contributed by atoms with Crippen molar-refractivity contribution in [1.29, 1.82) is 0 Å². The van der Waals surface area contributed by atoms with Crippen LogP contribution in [0.15, 0.2) is 137 Å². The number of ether oxygens (including phenoxy) is 3. The summed E-state index contributed by atoms with van der Waals surface area (Å²) in [4.78, 5) is 41.1. The highest BCUT2D eigenvalue weighted by molar-refractivity contribution is 8.00. The summed E-state index contributed by atoms with van der Waals surface area (Å²) < 4.78 is 39.6. The molecule has 5 rings (SSSR count). The molecule has 0 saturated carbocycles. The molecule has 1 unspecified atom stereocenters. The molecule has 0 radical (unpaired) electrons. The van der Waals surface area contributed by atoms with E-state index in [1.165, 1.54) is 63.4 Å². The lowest BCUT2D eigenvalue weighted by Gasteiger charge is -2.18. The Labute approximate surface area is 311 Å². The van der Waals surface area contributed by atoms with Gasteiger partial charge in [0.2, 0.25) is 21.7 Å². The third-order valence-corrected chi connectivity index (χ3v) is 9.88. The maximum absolute atomic E-state index is 13.7. The Morgan fingerprint density at radius 1 is 0.717 bits per heavy atom. The number of sulfonamides is 1. The average Bonchev–Trinajstić information content (AvgIpc) is 3.17. The zero-order valence-corrected chi connectivity index (χ0v) is 30.5. The van der Waals surface area contributed by atoms with Crippen molar-refractivity contribution in [1.82, 2.24) is 5.32 Å². The average molecular weight is 753 g/mol. The first-order chi connectivity index (χ1) is 25.5. The Bertz CT molecular complexity index is 2190. The van der Waals surface area contributed by atoms with Gasteiger partial charge in [-0.1, -0.05) is 48.5 Å². The van der Waals surface area contributed by atoms with Crippen LogP contribution in [-0.2, 0) is 19.6 Å². The molecule has 0 fully saturated rings. The summed E-state index contributed by atoms with van der Waals surface area (Å²) >= 11 is 1.29. The van der Waals surface area contributed by atoms with E-state index in [0.29, 0.717) is 39.8 Å². The number of nitrogens with one attached hydrogen (secondary N) is 3. The molecule has 5 aromatic carbocycles. The fourth-order valence-electron chi connectivity index (χ4n) is 5.08. The standard InChI is InChI=1S/C39H36N4O8S2/c1-49-33-23-25(24-34(50-2)35(33)51-3)22-32(43-37(44)27-12-8-5-9-13-27)38(45)41-28-14-18-30(19-15-28)52-36(26-10-6-4-7-11-26)39(46)42-29-16-20-31(21-17-29)53(40,47)48/h4-24,36H,1-3H3,(H,41,45)(H,42,46)(H,43,44)(H2,40,47,48)/b32-22-. The van der Waals surface area contributed by atoms with E-state index < -0.39 is 27.1 Å². The molecule has 0 bridgehead atoms. The molecule has 12 nitrogen and oxygen atoms in total. The summed E-state index contributed by atoms with van der Waals surface area (Å²) in [6.07, 6.45) is 1.50. The number of carbonyl (C=O) groups is 3. The molecule has 0 heterocycles. The summed E-state index contributed by atoms with van der Waals surface area (Å²) in [5, 5.41) is 12.9. The SMILES string of the molecule is COc1cc(/C=C(\NC(=O)c2ccccc2)C(=O)Nc2ccc(SC(C(=O)Nc3ccc(S(N)(=O)=O)cc3)c3ccccc3)cc2)cc(OC)c1OC. The van der Waals surface area contributed by atoms with Crippen LogP contribution in [0.2, 0.25) is 0 Å². The van der Waals surface area contributed by atoms with Crippen LogP contribution in [0.25, 0.3) is 6.08 Å². The Morgan fingerprint density at radius 2 is 1.26 bits per heavy atom. The highest BCUT2D eigenvalue weighted by Crippen LogP contribution is 2.39. The molecule has 0 aliphatic rings. The number of hydrogen-bond acceptors (Lipinski definition) is 9. The zero-order chi connectivity index (χ0) is 38.0. The molecule has 0 aliphatic heterocycles. The van der Waals surface area contributed by atoms with E-state index in [1.807, 2.05) is 30.3 Å². The first kappa shape index (κ1) is 38.1. The first-order valence-corrected chi connectivity index (χ1v) is 18.4. The highest BCUT2D eigenvalue weighted by Gasteiger charge is 2.23. The van der Waals surface area contributed by atoms with Crippen molar-refractivity contribution in [2.24, 2.45) is 5.14 Å². The van der Waals surface area contributed by atoms with Gasteiger partial charge in [-0.05, 0) is 90.0 Å². The monoisotopic (exact) mass is 752 g/mol. The summed E-state index contributed by atoms with van der Waals surface area (Å²) in [6, 6.07) is 33.4. The van der Waals surface area contributed by atoms with Crippen molar-refractivity contribution in [3.05, 3.63) is 144 Å². The number of hydrogen-bond donors (Lipinski definition) is 4. The third kappa shape index (κ3) is 10.0. The normalized spacial score (nSPS) is 11.9. The van der Waals surface area contributed by atoms with Gasteiger partial charge in [0.1, 0.15) is 10.9 Å². The van der Waals surface area contributed by atoms with Crippen LogP contribution < -0.4 is 35.3 Å². The number of amides is 3. The van der Waals surface area contributed by atoms with Crippen molar-refractivity contribution in [2.45, 2.75) is 15.0 Å². The van der Waals surface area contributed by atoms with Crippen molar-refractivity contribution >= 4 is 57.0 Å². The molecule has 53 heavy (non-hydrogen) atoms. The molecule has 14 heteroatoms. The smallest absolute Gasteiger partial charge is 0.272 e. The fraction of sp³-hybridized carbons (Fsp3) is 0.103. The molecule has 0 aromatic heterocycles. The Balaban J connectivity index is 1.37. The van der Waals surface area contributed by atoms with E-state index in [0.717, 1.165) is 10.5 Å². The number of primary sulfonamides is 1. The molecule has 5 N–H and O–H groups in total. The largest absolute Gasteiger partial charge is 0.493 e. The molecule has 272 valence electrons. The van der Waals surface area contributed by atoms with E-state index in [2.05, 4.69) is 16.0 Å². The minimum Gasteiger partial charge on any atom is -0.493 e. The maximum atomic E-state index is 13.7. The van der Waals surface area contributed by atoms with Gasteiger partial charge < -0.3 is 30.2 Å². The quantitative estimate of drug-likeness (QED) is 0.0756. The number of carbonyl (C=O) groups excluding carboxylic acids is 3. The summed E-state index contributed by atoms with van der Waals surface area (Å²) in [5.74, 6) is -0.325. The van der Waals surface area contributed by atoms with Crippen LogP contribution >= 0.6 is 11.8 Å². The predicted octanol–water partition coefficient (Wildman–Crippen LogP) is 6.24. The van der Waals surface area contributed by atoms with Gasteiger partial charge in [-0.25, -0.2) is 13.6 Å². The van der Waals surface area contributed by atoms with Crippen LogP contribution in [0.5, 0.6) is 17.2 Å². The van der Waals surface area contributed by atoms with Crippen molar-refractivity contribution < 1.29 is 37.0 Å². The van der Waals surface area contributed by atoms with Gasteiger partial charge in [-0.2, -0.15) is 0 Å². The number of thioether (sulfide) groups is 1. The van der Waals surface area contributed by atoms with Gasteiger partial charge in [-0.15, -0.1) is 11.8 Å². The summed E-state index contributed by atoms with van der Waals surface area (Å²) in [5.41, 5.74) is 2.37. The molecular formula is C39H36N4O8S2. The zero-order valence-electron chi connectivity index (χ0n) is 28.9. The van der Waals surface area contributed by atoms with Gasteiger partial charge in [0.15, 0.2) is 11.5 Å². The molecular weight excluding hydrogens is 717 g/mol. The second-order valence-electron chi connectivity index (χ2n) is 11.3. The number of methoxy groups -OCH3 is 3. The second-order valence-corrected chi connectivity index (χ2v) is 14.0. The van der Waals surface area contributed by atoms with E-state index in [4.69, 9.17) is 19.3 Å². The molecule has 5 aromatic rings. The van der Waals surface area contributed by atoms with Gasteiger partial charge >= 0.3 is 0 Å². The second kappa shape index (κ2) is 17.4. The fourth-order valence-corrected chi connectivity index (χ4v) is 6.62. The lowest BCUT2D eigenvalue weighted by molar-refractivity contribution is -0.116. The lowest BCUT2D eigenvalue weighted by Crippen LogP contribution is -2.30. The van der Waals surface area contributed by atoms with Crippen molar-refractivity contribution in [2.75, 3.05) is 32.0 Å². The Morgan fingerprint density at radius 3 is 1.81 bits per heavy atom. The van der Waals surface area contributed by atoms with E-state index in [-0.39, 0.29) is 16.5 Å². The van der Waals surface area contributed by atoms with Crippen molar-refractivity contribution in [3.8, 4) is 17.2 Å². The molecule has 0 spiro atoms. The van der Waals surface area contributed by atoms with Crippen LogP contribution in [0.3, 0.4) is 0 Å². The summed E-state index contributed by atoms with van der Waals surface area (Å²) in [6.45, 7) is 0. The van der Waals surface area contributed by atoms with E-state index >= 15 is 0 Å². The highest BCUT2D eigenvalue weighted by atomic mass is 32.2. The van der Waals surface area contributed by atoms with Crippen LogP contribution in [0.1, 0.15) is 26.7 Å². The van der Waals surface area contributed by atoms with Crippen LogP contribution in [0, 0.1) is 0 Å². The van der Waals surface area contributed by atoms with E-state index in [9.17, 15) is 22.8 Å². The van der Waals surface area contributed by atoms with E-state index in [1.54, 1.807) is 66.7 Å². The molecule has 0 aliphatic carbocycles. The minimum absolute atomic E-state index is 0.0514. The topological polar surface area (TPSA) is 175 Å². The van der Waals surface area contributed by atoms with Gasteiger partial charge in [0, 0.05) is 21.8 Å². The molecule has 3 amide bonds. The van der Waals surface area contributed by atoms with Gasteiger partial charge in [-0.3, -0.25) is 14.4 Å². The molecule has 0 saturated heterocycles. The number of rotatable bonds is 14. The lowest BCUT2D eigenvalue weighted by atomic mass is 10.1. The molecule has 1 atom stereocenters. The maximum Gasteiger partial charge on any atom is 0.272 e. The summed E-state index contributed by atoms with van der Waals surface area (Å²) in [7, 11) is 0.552.